The number of esters is 1. The highest BCUT2D eigenvalue weighted by molar-refractivity contribution is 6.04. The van der Waals surface area contributed by atoms with E-state index in [2.05, 4.69) is 10.3 Å². The first-order valence-corrected chi connectivity index (χ1v) is 11.8. The zero-order valence-electron chi connectivity index (χ0n) is 20.9. The van der Waals surface area contributed by atoms with E-state index in [9.17, 15) is 24.3 Å². The van der Waals surface area contributed by atoms with E-state index in [0.29, 0.717) is 11.1 Å². The molecule has 0 saturated carbocycles. The summed E-state index contributed by atoms with van der Waals surface area (Å²) in [6, 6.07) is 8.49. The Bertz CT molecular complexity index is 1150. The number of carbonyl (C=O) groups excluding carboxylic acids is 3. The van der Waals surface area contributed by atoms with E-state index in [1.807, 2.05) is 0 Å². The Labute approximate surface area is 213 Å². The number of methoxy groups -OCH3 is 1. The summed E-state index contributed by atoms with van der Waals surface area (Å²) in [4.78, 5) is 52.4. The van der Waals surface area contributed by atoms with Gasteiger partial charge in [0.2, 0.25) is 0 Å². The number of rotatable bonds is 12. The lowest BCUT2D eigenvalue weighted by Gasteiger charge is -2.23. The number of anilines is 1. The average Bonchev–Trinajstić information content (AvgIpc) is 3.19. The number of ether oxygens (including phenoxy) is 4. The van der Waals surface area contributed by atoms with Gasteiger partial charge < -0.3 is 34.2 Å². The van der Waals surface area contributed by atoms with Gasteiger partial charge in [-0.05, 0) is 26.0 Å². The maximum Gasteiger partial charge on any atom is 0.351 e. The number of aliphatic hydroxyl groups excluding tert-OH is 1. The van der Waals surface area contributed by atoms with Crippen LogP contribution in [0.5, 0.6) is 0 Å². The van der Waals surface area contributed by atoms with E-state index >= 15 is 0 Å². The Kier molecular flexibility index (Phi) is 10.0. The van der Waals surface area contributed by atoms with Crippen LogP contribution in [0.2, 0.25) is 0 Å². The van der Waals surface area contributed by atoms with E-state index < -0.39 is 42.1 Å². The van der Waals surface area contributed by atoms with Crippen molar-refractivity contribution in [1.82, 2.24) is 9.55 Å². The summed E-state index contributed by atoms with van der Waals surface area (Å²) in [7, 11) is 1.49. The van der Waals surface area contributed by atoms with Crippen LogP contribution >= 0.6 is 0 Å². The summed E-state index contributed by atoms with van der Waals surface area (Å²) in [5.74, 6) is -1.10. The van der Waals surface area contributed by atoms with E-state index in [1.54, 1.807) is 37.3 Å². The Morgan fingerprint density at radius 3 is 2.57 bits per heavy atom. The van der Waals surface area contributed by atoms with Gasteiger partial charge in [-0.2, -0.15) is 4.98 Å². The van der Waals surface area contributed by atoms with Crippen molar-refractivity contribution in [1.29, 1.82) is 0 Å². The molecule has 0 radical (unpaired) electrons. The summed E-state index contributed by atoms with van der Waals surface area (Å²) < 4.78 is 22.9. The molecule has 0 unspecified atom stereocenters. The Morgan fingerprint density at radius 1 is 1.16 bits per heavy atom. The lowest BCUT2D eigenvalue weighted by Crippen LogP contribution is -2.39. The molecule has 1 aliphatic heterocycles. The Hall–Kier alpha value is -3.45. The molecule has 12 nitrogen and oxygen atoms in total. The molecule has 0 spiro atoms. The lowest BCUT2D eigenvalue weighted by atomic mass is 10.1. The average molecular weight is 518 g/mol. The van der Waals surface area contributed by atoms with E-state index in [1.165, 1.54) is 20.2 Å². The first-order valence-electron chi connectivity index (χ1n) is 11.8. The van der Waals surface area contributed by atoms with Crippen LogP contribution in [0, 0.1) is 6.92 Å². The number of aromatic nitrogens is 2. The quantitative estimate of drug-likeness (QED) is 0.308. The molecule has 1 fully saturated rings. The highest BCUT2D eigenvalue weighted by Crippen LogP contribution is 2.32. The Balaban J connectivity index is 1.77. The number of hydrogen-bond acceptors (Lipinski definition) is 10. The van der Waals surface area contributed by atoms with Crippen molar-refractivity contribution in [3.63, 3.8) is 0 Å². The lowest BCUT2D eigenvalue weighted by molar-refractivity contribution is -0.151. The van der Waals surface area contributed by atoms with E-state index in [0.717, 1.165) is 4.57 Å². The van der Waals surface area contributed by atoms with Gasteiger partial charge in [0.1, 0.15) is 36.5 Å². The molecule has 37 heavy (non-hydrogen) atoms. The van der Waals surface area contributed by atoms with Crippen molar-refractivity contribution < 1.29 is 38.4 Å². The molecular formula is C25H31N3O9. The van der Waals surface area contributed by atoms with Gasteiger partial charge >= 0.3 is 11.7 Å². The van der Waals surface area contributed by atoms with Crippen LogP contribution in [0.25, 0.3) is 0 Å². The number of Topliss-reactive ketones (excluding diaryl/α,β-unsaturated/α-hetero) is 1. The van der Waals surface area contributed by atoms with Crippen molar-refractivity contribution in [2.75, 3.05) is 32.2 Å². The van der Waals surface area contributed by atoms with Crippen LogP contribution in [0.4, 0.5) is 5.82 Å². The molecule has 1 aliphatic rings. The van der Waals surface area contributed by atoms with Crippen molar-refractivity contribution >= 4 is 23.5 Å². The van der Waals surface area contributed by atoms with Crippen molar-refractivity contribution in [3.8, 4) is 0 Å². The molecule has 2 aromatic rings. The third-order valence-electron chi connectivity index (χ3n) is 5.68. The summed E-state index contributed by atoms with van der Waals surface area (Å²) in [5, 5.41) is 13.5. The number of carbonyl (C=O) groups is 3. The van der Waals surface area contributed by atoms with Crippen molar-refractivity contribution in [3.05, 3.63) is 58.1 Å². The highest BCUT2D eigenvalue weighted by Gasteiger charge is 2.46. The Morgan fingerprint density at radius 2 is 1.89 bits per heavy atom. The van der Waals surface area contributed by atoms with Gasteiger partial charge in [-0.15, -0.1) is 0 Å². The SMILES string of the molecule is COCCO[C@@H]1[C@H](O)[C@@H](COC(=O)CCC(C)=O)O[C@H]1n1cc(C)c(NC(=O)c2ccccc2)nc1=O. The van der Waals surface area contributed by atoms with Crippen LogP contribution in [0.15, 0.2) is 41.3 Å². The second-order valence-corrected chi connectivity index (χ2v) is 8.55. The summed E-state index contributed by atoms with van der Waals surface area (Å²) in [6.07, 6.45) is -2.93. The number of nitrogens with zero attached hydrogens (tertiary/aromatic N) is 2. The van der Waals surface area contributed by atoms with Crippen LogP contribution in [0.1, 0.15) is 41.9 Å². The van der Waals surface area contributed by atoms with Gasteiger partial charge in [-0.25, -0.2) is 4.79 Å². The van der Waals surface area contributed by atoms with Gasteiger partial charge in [-0.3, -0.25) is 14.2 Å². The first kappa shape index (κ1) is 28.1. The molecule has 3 rings (SSSR count). The molecule has 200 valence electrons. The molecular weight excluding hydrogens is 486 g/mol. The van der Waals surface area contributed by atoms with Crippen LogP contribution < -0.4 is 11.0 Å². The van der Waals surface area contributed by atoms with Crippen LogP contribution in [-0.4, -0.2) is 77.6 Å². The zero-order valence-corrected chi connectivity index (χ0v) is 20.9. The fraction of sp³-hybridized carbons (Fsp3) is 0.480. The molecule has 4 atom stereocenters. The van der Waals surface area contributed by atoms with E-state index in [-0.39, 0.29) is 44.3 Å². The first-order chi connectivity index (χ1) is 17.7. The van der Waals surface area contributed by atoms with Crippen LogP contribution in [0.3, 0.4) is 0 Å². The fourth-order valence-electron chi connectivity index (χ4n) is 3.70. The van der Waals surface area contributed by atoms with Gasteiger partial charge in [0.15, 0.2) is 6.23 Å². The maximum atomic E-state index is 12.9. The molecule has 1 aromatic carbocycles. The summed E-state index contributed by atoms with van der Waals surface area (Å²) in [5.41, 5.74) is 0.129. The monoisotopic (exact) mass is 517 g/mol. The van der Waals surface area contributed by atoms with Gasteiger partial charge in [0.25, 0.3) is 5.91 Å². The topological polar surface area (TPSA) is 155 Å². The van der Waals surface area contributed by atoms with Gasteiger partial charge in [0, 0.05) is 30.9 Å². The smallest absolute Gasteiger partial charge is 0.351 e. The van der Waals surface area contributed by atoms with Crippen LogP contribution in [-0.2, 0) is 28.5 Å². The number of aliphatic hydroxyl groups is 1. The van der Waals surface area contributed by atoms with E-state index in [4.69, 9.17) is 18.9 Å². The standard InChI is InChI=1S/C25H31N3O9/c1-15-13-28(25(33)27-22(15)26-23(32)17-7-5-4-6-8-17)24-21(35-12-11-34-3)20(31)18(37-24)14-36-19(30)10-9-16(2)29/h4-8,13,18,20-21,24,31H,9-12,14H2,1-3H3,(H,26,27,32,33)/t18-,20-,21-,24-/m1/s1. The molecule has 1 aromatic heterocycles. The third-order valence-corrected chi connectivity index (χ3v) is 5.68. The molecule has 2 N–H and O–H groups in total. The fourth-order valence-corrected chi connectivity index (χ4v) is 3.70. The highest BCUT2D eigenvalue weighted by atomic mass is 16.6. The predicted molar refractivity (Wildman–Crippen MR) is 130 cm³/mol. The number of benzene rings is 1. The molecule has 2 heterocycles. The zero-order chi connectivity index (χ0) is 26.9. The van der Waals surface area contributed by atoms with Gasteiger partial charge in [0.05, 0.1) is 19.6 Å². The molecule has 0 bridgehead atoms. The number of amides is 1. The minimum Gasteiger partial charge on any atom is -0.463 e. The van der Waals surface area contributed by atoms with Gasteiger partial charge in [-0.1, -0.05) is 18.2 Å². The molecule has 1 saturated heterocycles. The molecule has 12 heteroatoms. The number of nitrogens with one attached hydrogen (secondary N) is 1. The molecule has 1 amide bonds. The summed E-state index contributed by atoms with van der Waals surface area (Å²) in [6.45, 7) is 3.07. The summed E-state index contributed by atoms with van der Waals surface area (Å²) >= 11 is 0. The minimum atomic E-state index is -1.24. The second kappa shape index (κ2) is 13.2. The largest absolute Gasteiger partial charge is 0.463 e. The third kappa shape index (κ3) is 7.52. The number of ketones is 1. The molecule has 0 aliphatic carbocycles. The predicted octanol–water partition coefficient (Wildman–Crippen LogP) is 1.01. The minimum absolute atomic E-state index is 0.0474. The number of aryl methyl sites for hydroxylation is 1. The van der Waals surface area contributed by atoms with Crippen molar-refractivity contribution in [2.45, 2.75) is 51.2 Å². The number of hydrogen-bond donors (Lipinski definition) is 2. The second-order valence-electron chi connectivity index (χ2n) is 8.55. The van der Waals surface area contributed by atoms with Crippen molar-refractivity contribution in [2.24, 2.45) is 0 Å². The maximum absolute atomic E-state index is 12.9. The normalized spacial score (nSPS) is 21.0.